The Labute approximate surface area is 178 Å². The number of amides is 2. The van der Waals surface area contributed by atoms with Gasteiger partial charge in [-0.15, -0.1) is 16.4 Å². The third-order valence-corrected chi connectivity index (χ3v) is 6.12. The molecule has 0 radical (unpaired) electrons. The number of carbonyl (C=O) groups excluding carboxylic acids is 2. The van der Waals surface area contributed by atoms with Crippen molar-refractivity contribution < 1.29 is 14.3 Å². The SMILES string of the molecule is COc1nn(C)cc1C(=O)N1CCN(CCNC(=O)c2nc3ccccc3s2)CC1. The predicted octanol–water partition coefficient (Wildman–Crippen LogP) is 1.23. The van der Waals surface area contributed by atoms with Crippen LogP contribution in [0.1, 0.15) is 20.2 Å². The Hall–Kier alpha value is -2.98. The van der Waals surface area contributed by atoms with Gasteiger partial charge in [0.15, 0.2) is 5.01 Å². The molecule has 1 fully saturated rings. The number of hydrogen-bond donors (Lipinski definition) is 1. The summed E-state index contributed by atoms with van der Waals surface area (Å²) in [4.78, 5) is 33.5. The lowest BCUT2D eigenvalue weighted by atomic mass is 10.2. The van der Waals surface area contributed by atoms with Gasteiger partial charge in [-0.05, 0) is 12.1 Å². The fraction of sp³-hybridized carbons (Fsp3) is 0.400. The number of piperazine rings is 1. The number of carbonyl (C=O) groups is 2. The number of aromatic nitrogens is 3. The second-order valence-corrected chi connectivity index (χ2v) is 8.13. The second kappa shape index (κ2) is 8.80. The highest BCUT2D eigenvalue weighted by atomic mass is 32.1. The predicted molar refractivity (Wildman–Crippen MR) is 114 cm³/mol. The molecule has 1 N–H and O–H groups in total. The number of benzene rings is 1. The summed E-state index contributed by atoms with van der Waals surface area (Å²) in [5.41, 5.74) is 1.33. The second-order valence-electron chi connectivity index (χ2n) is 7.10. The van der Waals surface area contributed by atoms with Gasteiger partial charge in [-0.1, -0.05) is 12.1 Å². The largest absolute Gasteiger partial charge is 0.479 e. The van der Waals surface area contributed by atoms with Crippen molar-refractivity contribution in [2.75, 3.05) is 46.4 Å². The Morgan fingerprint density at radius 2 is 1.97 bits per heavy atom. The summed E-state index contributed by atoms with van der Waals surface area (Å²) in [6, 6.07) is 7.73. The van der Waals surface area contributed by atoms with E-state index in [9.17, 15) is 9.59 Å². The van der Waals surface area contributed by atoms with Crippen molar-refractivity contribution in [2.24, 2.45) is 7.05 Å². The van der Waals surface area contributed by atoms with Gasteiger partial charge in [-0.3, -0.25) is 19.2 Å². The maximum absolute atomic E-state index is 12.7. The van der Waals surface area contributed by atoms with E-state index >= 15 is 0 Å². The van der Waals surface area contributed by atoms with E-state index in [1.54, 1.807) is 17.9 Å². The van der Waals surface area contributed by atoms with E-state index in [1.807, 2.05) is 29.2 Å². The summed E-state index contributed by atoms with van der Waals surface area (Å²) >= 11 is 1.40. The molecule has 3 aromatic rings. The van der Waals surface area contributed by atoms with Crippen LogP contribution >= 0.6 is 11.3 Å². The number of thiazole rings is 1. The number of fused-ring (bicyclic) bond motifs is 1. The van der Waals surface area contributed by atoms with Gasteiger partial charge < -0.3 is 15.0 Å². The monoisotopic (exact) mass is 428 g/mol. The molecular formula is C20H24N6O3S. The molecule has 0 spiro atoms. The molecule has 0 unspecified atom stereocenters. The van der Waals surface area contributed by atoms with Crippen LogP contribution in [0.15, 0.2) is 30.5 Å². The van der Waals surface area contributed by atoms with Crippen LogP contribution in [-0.2, 0) is 7.05 Å². The number of nitrogens with zero attached hydrogens (tertiary/aromatic N) is 5. The van der Waals surface area contributed by atoms with Crippen molar-refractivity contribution in [1.82, 2.24) is 29.9 Å². The number of methoxy groups -OCH3 is 1. The minimum absolute atomic E-state index is 0.0660. The molecule has 1 aliphatic heterocycles. The highest BCUT2D eigenvalue weighted by Gasteiger charge is 2.26. The zero-order valence-corrected chi connectivity index (χ0v) is 17.8. The summed E-state index contributed by atoms with van der Waals surface area (Å²) in [5, 5.41) is 7.58. The highest BCUT2D eigenvalue weighted by Crippen LogP contribution is 2.21. The molecule has 0 saturated carbocycles. The minimum atomic E-state index is -0.145. The number of hydrogen-bond acceptors (Lipinski definition) is 7. The first-order valence-electron chi connectivity index (χ1n) is 9.78. The zero-order valence-electron chi connectivity index (χ0n) is 17.0. The van der Waals surface area contributed by atoms with Crippen LogP contribution < -0.4 is 10.1 Å². The maximum atomic E-state index is 12.7. The molecule has 9 nitrogen and oxygen atoms in total. The van der Waals surface area contributed by atoms with Crippen molar-refractivity contribution in [2.45, 2.75) is 0 Å². The minimum Gasteiger partial charge on any atom is -0.479 e. The fourth-order valence-electron chi connectivity index (χ4n) is 3.48. The summed E-state index contributed by atoms with van der Waals surface area (Å²) in [6.45, 7) is 4.04. The van der Waals surface area contributed by atoms with Gasteiger partial charge in [0.25, 0.3) is 11.8 Å². The van der Waals surface area contributed by atoms with E-state index in [1.165, 1.54) is 18.4 Å². The molecule has 0 atom stereocenters. The summed E-state index contributed by atoms with van der Waals surface area (Å²) in [5.74, 6) is 0.139. The van der Waals surface area contributed by atoms with E-state index in [4.69, 9.17) is 4.74 Å². The molecule has 0 aliphatic carbocycles. The average molecular weight is 429 g/mol. The lowest BCUT2D eigenvalue weighted by molar-refractivity contribution is 0.0634. The maximum Gasteiger partial charge on any atom is 0.280 e. The molecular weight excluding hydrogens is 404 g/mol. The van der Waals surface area contributed by atoms with Crippen molar-refractivity contribution in [3.63, 3.8) is 0 Å². The Morgan fingerprint density at radius 1 is 1.20 bits per heavy atom. The number of para-hydroxylation sites is 1. The van der Waals surface area contributed by atoms with Crippen LogP contribution in [0.3, 0.4) is 0 Å². The number of nitrogens with one attached hydrogen (secondary N) is 1. The zero-order chi connectivity index (χ0) is 21.1. The van der Waals surface area contributed by atoms with Crippen molar-refractivity contribution in [1.29, 1.82) is 0 Å². The van der Waals surface area contributed by atoms with Crippen LogP contribution in [0.2, 0.25) is 0 Å². The number of ether oxygens (including phenoxy) is 1. The van der Waals surface area contributed by atoms with E-state index in [0.717, 1.165) is 29.9 Å². The van der Waals surface area contributed by atoms with Gasteiger partial charge in [0.05, 0.1) is 17.3 Å². The normalized spacial score (nSPS) is 14.8. The van der Waals surface area contributed by atoms with Gasteiger partial charge >= 0.3 is 0 Å². The average Bonchev–Trinajstić information content (AvgIpc) is 3.37. The Balaban J connectivity index is 1.24. The number of rotatable bonds is 6. The van der Waals surface area contributed by atoms with Gasteiger partial charge in [0.1, 0.15) is 5.56 Å². The van der Waals surface area contributed by atoms with Crippen LogP contribution in [0.5, 0.6) is 5.88 Å². The van der Waals surface area contributed by atoms with Crippen molar-refractivity contribution >= 4 is 33.4 Å². The summed E-state index contributed by atoms with van der Waals surface area (Å²) in [6.07, 6.45) is 1.69. The van der Waals surface area contributed by atoms with Crippen LogP contribution in [0.25, 0.3) is 10.2 Å². The molecule has 3 heterocycles. The first-order chi connectivity index (χ1) is 14.5. The quantitative estimate of drug-likeness (QED) is 0.635. The molecule has 2 aromatic heterocycles. The molecule has 30 heavy (non-hydrogen) atoms. The summed E-state index contributed by atoms with van der Waals surface area (Å²) < 4.78 is 7.78. The van der Waals surface area contributed by atoms with Gasteiger partial charge in [-0.25, -0.2) is 4.98 Å². The van der Waals surface area contributed by atoms with E-state index < -0.39 is 0 Å². The van der Waals surface area contributed by atoms with Crippen LogP contribution in [0.4, 0.5) is 0 Å². The lowest BCUT2D eigenvalue weighted by Crippen LogP contribution is -2.50. The van der Waals surface area contributed by atoms with E-state index in [-0.39, 0.29) is 11.8 Å². The molecule has 1 aliphatic rings. The standard InChI is InChI=1S/C20H24N6O3S/c1-24-13-14(18(23-24)29-2)20(28)26-11-9-25(10-12-26)8-7-21-17(27)19-22-15-5-3-4-6-16(15)30-19/h3-6,13H,7-12H2,1-2H3,(H,21,27). The van der Waals surface area contributed by atoms with Crippen LogP contribution in [0, 0.1) is 0 Å². The lowest BCUT2D eigenvalue weighted by Gasteiger charge is -2.34. The van der Waals surface area contributed by atoms with Crippen molar-refractivity contribution in [3.05, 3.63) is 41.0 Å². The third kappa shape index (κ3) is 4.29. The van der Waals surface area contributed by atoms with Gasteiger partial charge in [0, 0.05) is 52.5 Å². The molecule has 2 amide bonds. The Morgan fingerprint density at radius 3 is 2.70 bits per heavy atom. The first kappa shape index (κ1) is 20.3. The Bertz CT molecular complexity index is 1020. The smallest absolute Gasteiger partial charge is 0.280 e. The summed E-state index contributed by atoms with van der Waals surface area (Å²) in [7, 11) is 3.28. The Kier molecular flexibility index (Phi) is 5.96. The number of aryl methyl sites for hydroxylation is 1. The van der Waals surface area contributed by atoms with E-state index in [0.29, 0.717) is 36.1 Å². The van der Waals surface area contributed by atoms with Gasteiger partial charge in [0.2, 0.25) is 5.88 Å². The van der Waals surface area contributed by atoms with Crippen molar-refractivity contribution in [3.8, 4) is 5.88 Å². The van der Waals surface area contributed by atoms with Crippen LogP contribution in [-0.4, -0.2) is 82.8 Å². The molecule has 158 valence electrons. The highest BCUT2D eigenvalue weighted by molar-refractivity contribution is 7.20. The third-order valence-electron chi connectivity index (χ3n) is 5.08. The molecule has 4 rings (SSSR count). The molecule has 0 bridgehead atoms. The topological polar surface area (TPSA) is 92.6 Å². The molecule has 1 saturated heterocycles. The van der Waals surface area contributed by atoms with E-state index in [2.05, 4.69) is 20.3 Å². The molecule has 1 aromatic carbocycles. The fourth-order valence-corrected chi connectivity index (χ4v) is 4.36. The molecule has 10 heteroatoms. The first-order valence-corrected chi connectivity index (χ1v) is 10.6. The van der Waals surface area contributed by atoms with Gasteiger partial charge in [-0.2, -0.15) is 0 Å².